The highest BCUT2D eigenvalue weighted by Gasteiger charge is 2.26. The van der Waals surface area contributed by atoms with Crippen LogP contribution in [0.3, 0.4) is 0 Å². The van der Waals surface area contributed by atoms with E-state index in [0.717, 1.165) is 0 Å². The fourth-order valence-corrected chi connectivity index (χ4v) is 1.91. The second-order valence-corrected chi connectivity index (χ2v) is 4.16. The number of hydrogen-bond acceptors (Lipinski definition) is 6. The standard InChI is InChI=1S/C11H20N4O4/c1-4-14-11(10(15(17)18)8(2)13-14)12-9(5-6-16)7-19-3/h9,12,16H,4-7H2,1-3H3. The van der Waals surface area contributed by atoms with Gasteiger partial charge in [-0.25, -0.2) is 4.68 Å². The Morgan fingerprint density at radius 2 is 2.32 bits per heavy atom. The van der Waals surface area contributed by atoms with E-state index >= 15 is 0 Å². The van der Waals surface area contributed by atoms with Crippen LogP contribution in [0.2, 0.25) is 0 Å². The highest BCUT2D eigenvalue weighted by molar-refractivity contribution is 5.60. The number of aliphatic hydroxyl groups excluding tert-OH is 1. The zero-order valence-corrected chi connectivity index (χ0v) is 11.4. The number of aromatic nitrogens is 2. The van der Waals surface area contributed by atoms with E-state index in [2.05, 4.69) is 10.4 Å². The van der Waals surface area contributed by atoms with E-state index in [1.807, 2.05) is 6.92 Å². The molecule has 2 N–H and O–H groups in total. The number of aliphatic hydroxyl groups is 1. The second-order valence-electron chi connectivity index (χ2n) is 4.16. The lowest BCUT2D eigenvalue weighted by Crippen LogP contribution is -2.27. The maximum atomic E-state index is 11.1. The first-order valence-electron chi connectivity index (χ1n) is 6.13. The zero-order valence-electron chi connectivity index (χ0n) is 11.4. The predicted molar refractivity (Wildman–Crippen MR) is 70.3 cm³/mol. The fourth-order valence-electron chi connectivity index (χ4n) is 1.91. The van der Waals surface area contributed by atoms with Gasteiger partial charge in [-0.2, -0.15) is 5.10 Å². The molecule has 1 aromatic rings. The van der Waals surface area contributed by atoms with Crippen molar-refractivity contribution in [1.29, 1.82) is 0 Å². The summed E-state index contributed by atoms with van der Waals surface area (Å²) in [7, 11) is 1.54. The van der Waals surface area contributed by atoms with Crippen LogP contribution in [0.4, 0.5) is 11.5 Å². The molecule has 1 aromatic heterocycles. The van der Waals surface area contributed by atoms with Crippen molar-refractivity contribution in [1.82, 2.24) is 9.78 Å². The number of anilines is 1. The lowest BCUT2D eigenvalue weighted by Gasteiger charge is -2.18. The smallest absolute Gasteiger partial charge is 0.333 e. The third kappa shape index (κ3) is 3.65. The van der Waals surface area contributed by atoms with Crippen molar-refractivity contribution >= 4 is 11.5 Å². The molecule has 0 aromatic carbocycles. The number of nitro groups is 1. The first-order valence-corrected chi connectivity index (χ1v) is 6.13. The third-order valence-corrected chi connectivity index (χ3v) is 2.76. The molecule has 1 rings (SSSR count). The molecule has 1 atom stereocenters. The van der Waals surface area contributed by atoms with Gasteiger partial charge in [0.1, 0.15) is 5.69 Å². The summed E-state index contributed by atoms with van der Waals surface area (Å²) < 4.78 is 6.59. The van der Waals surface area contributed by atoms with Gasteiger partial charge in [0.15, 0.2) is 0 Å². The van der Waals surface area contributed by atoms with Gasteiger partial charge in [-0.3, -0.25) is 10.1 Å². The maximum Gasteiger partial charge on any atom is 0.333 e. The number of nitrogens with zero attached hydrogens (tertiary/aromatic N) is 3. The molecule has 0 saturated heterocycles. The van der Waals surface area contributed by atoms with Gasteiger partial charge in [0.05, 0.1) is 17.6 Å². The van der Waals surface area contributed by atoms with E-state index in [9.17, 15) is 10.1 Å². The summed E-state index contributed by atoms with van der Waals surface area (Å²) in [5.74, 6) is 0.362. The molecular formula is C11H20N4O4. The van der Waals surface area contributed by atoms with Crippen LogP contribution in [0.15, 0.2) is 0 Å². The molecular weight excluding hydrogens is 252 g/mol. The van der Waals surface area contributed by atoms with Gasteiger partial charge in [0, 0.05) is 20.3 Å². The average molecular weight is 272 g/mol. The maximum absolute atomic E-state index is 11.1. The molecule has 0 radical (unpaired) electrons. The number of hydrogen-bond donors (Lipinski definition) is 2. The topological polar surface area (TPSA) is 102 Å². The minimum absolute atomic E-state index is 0.0198. The van der Waals surface area contributed by atoms with Crippen LogP contribution in [0.25, 0.3) is 0 Å². The Bertz CT molecular complexity index is 427. The molecule has 0 amide bonds. The van der Waals surface area contributed by atoms with E-state index < -0.39 is 4.92 Å². The van der Waals surface area contributed by atoms with Crippen molar-refractivity contribution < 1.29 is 14.8 Å². The molecule has 0 saturated carbocycles. The molecule has 8 heteroatoms. The third-order valence-electron chi connectivity index (χ3n) is 2.76. The molecule has 1 unspecified atom stereocenters. The number of rotatable bonds is 8. The zero-order chi connectivity index (χ0) is 14.4. The van der Waals surface area contributed by atoms with E-state index in [1.165, 1.54) is 0 Å². The van der Waals surface area contributed by atoms with Crippen LogP contribution in [0.1, 0.15) is 19.0 Å². The average Bonchev–Trinajstić information content (AvgIpc) is 2.66. The van der Waals surface area contributed by atoms with Gasteiger partial charge >= 0.3 is 5.69 Å². The Balaban J connectivity index is 3.05. The molecule has 0 fully saturated rings. The molecule has 0 spiro atoms. The SMILES string of the molecule is CCn1nc(C)c([N+](=O)[O-])c1NC(CCO)COC. The van der Waals surface area contributed by atoms with E-state index in [-0.39, 0.29) is 18.3 Å². The molecule has 8 nitrogen and oxygen atoms in total. The van der Waals surface area contributed by atoms with Crippen molar-refractivity contribution in [2.45, 2.75) is 32.9 Å². The molecule has 108 valence electrons. The molecule has 0 aliphatic rings. The van der Waals surface area contributed by atoms with Crippen molar-refractivity contribution in [3.05, 3.63) is 15.8 Å². The summed E-state index contributed by atoms with van der Waals surface area (Å²) in [5.41, 5.74) is 0.343. The van der Waals surface area contributed by atoms with E-state index in [1.54, 1.807) is 18.7 Å². The molecule has 19 heavy (non-hydrogen) atoms. The quantitative estimate of drug-likeness (QED) is 0.539. The minimum Gasteiger partial charge on any atom is -0.396 e. The number of methoxy groups -OCH3 is 1. The van der Waals surface area contributed by atoms with Gasteiger partial charge < -0.3 is 15.2 Å². The molecule has 0 bridgehead atoms. The summed E-state index contributed by atoms with van der Waals surface area (Å²) in [4.78, 5) is 10.7. The highest BCUT2D eigenvalue weighted by Crippen LogP contribution is 2.28. The largest absolute Gasteiger partial charge is 0.396 e. The van der Waals surface area contributed by atoms with Gasteiger partial charge in [-0.15, -0.1) is 0 Å². The number of nitrogens with one attached hydrogen (secondary N) is 1. The van der Waals surface area contributed by atoms with Crippen LogP contribution in [-0.2, 0) is 11.3 Å². The van der Waals surface area contributed by atoms with E-state index in [0.29, 0.717) is 31.1 Å². The summed E-state index contributed by atoms with van der Waals surface area (Å²) >= 11 is 0. The fraction of sp³-hybridized carbons (Fsp3) is 0.727. The van der Waals surface area contributed by atoms with Crippen LogP contribution >= 0.6 is 0 Å². The minimum atomic E-state index is -0.445. The summed E-state index contributed by atoms with van der Waals surface area (Å²) in [6.45, 7) is 4.32. The van der Waals surface area contributed by atoms with Gasteiger partial charge in [0.25, 0.3) is 0 Å². The number of ether oxygens (including phenoxy) is 1. The number of aryl methyl sites for hydroxylation is 2. The van der Waals surface area contributed by atoms with Crippen LogP contribution in [-0.4, -0.2) is 46.2 Å². The molecule has 0 aliphatic carbocycles. The van der Waals surface area contributed by atoms with Crippen LogP contribution in [0.5, 0.6) is 0 Å². The van der Waals surface area contributed by atoms with Gasteiger partial charge in [0.2, 0.25) is 5.82 Å². The van der Waals surface area contributed by atoms with Gasteiger partial charge in [-0.05, 0) is 20.3 Å². The monoisotopic (exact) mass is 272 g/mol. The molecule has 0 aliphatic heterocycles. The second kappa shape index (κ2) is 7.05. The highest BCUT2D eigenvalue weighted by atomic mass is 16.6. The van der Waals surface area contributed by atoms with Crippen molar-refractivity contribution in [3.8, 4) is 0 Å². The van der Waals surface area contributed by atoms with Crippen molar-refractivity contribution in [2.24, 2.45) is 0 Å². The lowest BCUT2D eigenvalue weighted by molar-refractivity contribution is -0.384. The first kappa shape index (κ1) is 15.4. The van der Waals surface area contributed by atoms with Crippen LogP contribution in [0, 0.1) is 17.0 Å². The molecule has 1 heterocycles. The summed E-state index contributed by atoms with van der Waals surface area (Å²) in [6, 6.07) is -0.199. The van der Waals surface area contributed by atoms with Crippen molar-refractivity contribution in [3.63, 3.8) is 0 Å². The lowest BCUT2D eigenvalue weighted by atomic mass is 10.2. The van der Waals surface area contributed by atoms with Crippen molar-refractivity contribution in [2.75, 3.05) is 25.6 Å². The first-order chi connectivity index (χ1) is 9.04. The Kier molecular flexibility index (Phi) is 5.71. The van der Waals surface area contributed by atoms with Gasteiger partial charge in [-0.1, -0.05) is 0 Å². The van der Waals surface area contributed by atoms with Crippen LogP contribution < -0.4 is 5.32 Å². The Labute approximate surface area is 111 Å². The normalized spacial score (nSPS) is 12.4. The summed E-state index contributed by atoms with van der Waals surface area (Å²) in [6.07, 6.45) is 0.443. The Morgan fingerprint density at radius 3 is 2.79 bits per heavy atom. The predicted octanol–water partition coefficient (Wildman–Crippen LogP) is 0.929. The Hall–Kier alpha value is -1.67. The van der Waals surface area contributed by atoms with E-state index in [4.69, 9.17) is 9.84 Å². The Morgan fingerprint density at radius 1 is 1.63 bits per heavy atom. The summed E-state index contributed by atoms with van der Waals surface area (Å²) in [5, 5.41) is 27.3.